The molecule has 0 radical (unpaired) electrons. The van der Waals surface area contributed by atoms with Gasteiger partial charge in [0.15, 0.2) is 0 Å². The fourth-order valence-corrected chi connectivity index (χ4v) is 4.21. The minimum Gasteiger partial charge on any atom is -0.354 e. The van der Waals surface area contributed by atoms with E-state index in [1.165, 1.54) is 0 Å². The molecule has 35 heavy (non-hydrogen) atoms. The monoisotopic (exact) mass is 510 g/mol. The average molecular weight is 511 g/mol. The molecule has 0 aromatic heterocycles. The lowest BCUT2D eigenvalue weighted by atomic mass is 10.0. The molecule has 1 unspecified atom stereocenters. The standard InChI is InChI=1S/C29H32Cl2N2O2/c1-21(2)19-32-29(35)27(18-22-8-4-3-5-9-22)33(20-23-12-15-25(30)16-13-23)28(34)17-14-24-10-6-7-11-26(24)31/h3-13,15-16,21,27H,14,17-20H2,1-2H3,(H,32,35). The van der Waals surface area contributed by atoms with Crippen LogP contribution in [0.3, 0.4) is 0 Å². The molecule has 184 valence electrons. The Labute approximate surface area is 218 Å². The van der Waals surface area contributed by atoms with Crippen molar-refractivity contribution in [2.45, 2.75) is 45.7 Å². The second-order valence-corrected chi connectivity index (χ2v) is 9.93. The molecule has 0 heterocycles. The number of aryl methyl sites for hydroxylation is 1. The zero-order valence-corrected chi connectivity index (χ0v) is 21.7. The Morgan fingerprint density at radius 3 is 2.17 bits per heavy atom. The predicted octanol–water partition coefficient (Wildman–Crippen LogP) is 6.34. The molecule has 0 aliphatic rings. The first-order valence-electron chi connectivity index (χ1n) is 11.9. The fourth-order valence-electron chi connectivity index (χ4n) is 3.85. The van der Waals surface area contributed by atoms with Gasteiger partial charge in [-0.15, -0.1) is 0 Å². The highest BCUT2D eigenvalue weighted by Gasteiger charge is 2.30. The van der Waals surface area contributed by atoms with E-state index < -0.39 is 6.04 Å². The van der Waals surface area contributed by atoms with E-state index in [4.69, 9.17) is 23.2 Å². The molecule has 3 rings (SSSR count). The average Bonchev–Trinajstić information content (AvgIpc) is 2.85. The Morgan fingerprint density at radius 1 is 0.857 bits per heavy atom. The normalized spacial score (nSPS) is 11.8. The third-order valence-electron chi connectivity index (χ3n) is 5.79. The van der Waals surface area contributed by atoms with Gasteiger partial charge < -0.3 is 10.2 Å². The molecule has 6 heteroatoms. The van der Waals surface area contributed by atoms with Crippen LogP contribution in [0.4, 0.5) is 0 Å². The van der Waals surface area contributed by atoms with Crippen molar-refractivity contribution in [3.8, 4) is 0 Å². The Kier molecular flexibility index (Phi) is 10.2. The Balaban J connectivity index is 1.90. The molecule has 0 saturated heterocycles. The van der Waals surface area contributed by atoms with E-state index in [1.54, 1.807) is 17.0 Å². The highest BCUT2D eigenvalue weighted by atomic mass is 35.5. The van der Waals surface area contributed by atoms with Crippen molar-refractivity contribution < 1.29 is 9.59 Å². The van der Waals surface area contributed by atoms with E-state index >= 15 is 0 Å². The van der Waals surface area contributed by atoms with Gasteiger partial charge in [0.25, 0.3) is 0 Å². The van der Waals surface area contributed by atoms with E-state index in [0.29, 0.717) is 41.9 Å². The molecule has 0 saturated carbocycles. The highest BCUT2D eigenvalue weighted by molar-refractivity contribution is 6.31. The van der Waals surface area contributed by atoms with Crippen LogP contribution in [0.2, 0.25) is 10.0 Å². The third kappa shape index (κ3) is 8.41. The summed E-state index contributed by atoms with van der Waals surface area (Å²) in [7, 11) is 0. The zero-order chi connectivity index (χ0) is 25.2. The SMILES string of the molecule is CC(C)CNC(=O)C(Cc1ccccc1)N(Cc1ccc(Cl)cc1)C(=O)CCc1ccccc1Cl. The van der Waals surface area contributed by atoms with Gasteiger partial charge in [-0.05, 0) is 47.2 Å². The lowest BCUT2D eigenvalue weighted by Crippen LogP contribution is -2.51. The molecule has 1 atom stereocenters. The molecule has 0 aliphatic heterocycles. The van der Waals surface area contributed by atoms with Crippen LogP contribution in [0.25, 0.3) is 0 Å². The number of halogens is 2. The molecule has 3 aromatic rings. The Morgan fingerprint density at radius 2 is 1.51 bits per heavy atom. The van der Waals surface area contributed by atoms with Crippen LogP contribution in [0.5, 0.6) is 0 Å². The minimum absolute atomic E-state index is 0.0968. The van der Waals surface area contributed by atoms with Gasteiger partial charge in [0.05, 0.1) is 0 Å². The van der Waals surface area contributed by atoms with E-state index in [2.05, 4.69) is 5.32 Å². The number of hydrogen-bond acceptors (Lipinski definition) is 2. The highest BCUT2D eigenvalue weighted by Crippen LogP contribution is 2.20. The first kappa shape index (κ1) is 26.8. The summed E-state index contributed by atoms with van der Waals surface area (Å²) in [6.07, 6.45) is 1.18. The summed E-state index contributed by atoms with van der Waals surface area (Å²) in [6.45, 7) is 4.96. The number of nitrogens with one attached hydrogen (secondary N) is 1. The van der Waals surface area contributed by atoms with Crippen LogP contribution < -0.4 is 5.32 Å². The zero-order valence-electron chi connectivity index (χ0n) is 20.2. The van der Waals surface area contributed by atoms with Gasteiger partial charge in [-0.3, -0.25) is 9.59 Å². The van der Waals surface area contributed by atoms with Crippen LogP contribution in [0, 0.1) is 5.92 Å². The van der Waals surface area contributed by atoms with Crippen molar-refractivity contribution in [1.82, 2.24) is 10.2 Å². The summed E-state index contributed by atoms with van der Waals surface area (Å²) in [4.78, 5) is 28.8. The second-order valence-electron chi connectivity index (χ2n) is 9.08. The number of hydrogen-bond donors (Lipinski definition) is 1. The van der Waals surface area contributed by atoms with Gasteiger partial charge in [-0.25, -0.2) is 0 Å². The van der Waals surface area contributed by atoms with Crippen molar-refractivity contribution in [2.75, 3.05) is 6.54 Å². The van der Waals surface area contributed by atoms with Crippen LogP contribution in [-0.4, -0.2) is 29.3 Å². The number of benzene rings is 3. The Bertz CT molecular complexity index is 1100. The molecule has 0 aliphatic carbocycles. The van der Waals surface area contributed by atoms with E-state index in [-0.39, 0.29) is 18.2 Å². The van der Waals surface area contributed by atoms with Crippen LogP contribution in [-0.2, 0) is 29.0 Å². The molecule has 4 nitrogen and oxygen atoms in total. The summed E-state index contributed by atoms with van der Waals surface area (Å²) >= 11 is 12.4. The summed E-state index contributed by atoms with van der Waals surface area (Å²) < 4.78 is 0. The van der Waals surface area contributed by atoms with Crippen molar-refractivity contribution >= 4 is 35.0 Å². The molecule has 0 fully saturated rings. The first-order valence-corrected chi connectivity index (χ1v) is 12.7. The lowest BCUT2D eigenvalue weighted by molar-refractivity contribution is -0.141. The quantitative estimate of drug-likeness (QED) is 0.327. The summed E-state index contributed by atoms with van der Waals surface area (Å²) in [6, 6.07) is 24.1. The molecule has 2 amide bonds. The number of nitrogens with zero attached hydrogens (tertiary/aromatic N) is 1. The smallest absolute Gasteiger partial charge is 0.243 e. The maximum absolute atomic E-state index is 13.7. The number of carbonyl (C=O) groups excluding carboxylic acids is 2. The van der Waals surface area contributed by atoms with E-state index in [0.717, 1.165) is 16.7 Å². The van der Waals surface area contributed by atoms with Crippen LogP contribution in [0.1, 0.15) is 37.0 Å². The summed E-state index contributed by atoms with van der Waals surface area (Å²) in [5, 5.41) is 4.31. The van der Waals surface area contributed by atoms with Gasteiger partial charge in [-0.1, -0.05) is 97.7 Å². The third-order valence-corrected chi connectivity index (χ3v) is 6.41. The number of carbonyl (C=O) groups is 2. The van der Waals surface area contributed by atoms with Gasteiger partial charge in [-0.2, -0.15) is 0 Å². The topological polar surface area (TPSA) is 49.4 Å². The van der Waals surface area contributed by atoms with Gasteiger partial charge >= 0.3 is 0 Å². The van der Waals surface area contributed by atoms with Gasteiger partial charge in [0, 0.05) is 36.0 Å². The largest absolute Gasteiger partial charge is 0.354 e. The molecule has 1 N–H and O–H groups in total. The summed E-state index contributed by atoms with van der Waals surface area (Å²) in [5.74, 6) is 0.0556. The van der Waals surface area contributed by atoms with Gasteiger partial charge in [0.1, 0.15) is 6.04 Å². The molecular formula is C29H32Cl2N2O2. The van der Waals surface area contributed by atoms with E-state index in [9.17, 15) is 9.59 Å². The van der Waals surface area contributed by atoms with E-state index in [1.807, 2.05) is 80.6 Å². The maximum atomic E-state index is 13.7. The van der Waals surface area contributed by atoms with Crippen LogP contribution >= 0.6 is 23.2 Å². The van der Waals surface area contributed by atoms with Crippen molar-refractivity contribution in [1.29, 1.82) is 0 Å². The number of rotatable bonds is 11. The Hall–Kier alpha value is -2.82. The fraction of sp³-hybridized carbons (Fsp3) is 0.310. The molecule has 3 aromatic carbocycles. The van der Waals surface area contributed by atoms with Crippen LogP contribution in [0.15, 0.2) is 78.9 Å². The minimum atomic E-state index is -0.648. The first-order chi connectivity index (χ1) is 16.8. The maximum Gasteiger partial charge on any atom is 0.243 e. The van der Waals surface area contributed by atoms with Gasteiger partial charge in [0.2, 0.25) is 11.8 Å². The lowest BCUT2D eigenvalue weighted by Gasteiger charge is -2.32. The second kappa shape index (κ2) is 13.3. The van der Waals surface area contributed by atoms with Crippen molar-refractivity contribution in [3.63, 3.8) is 0 Å². The van der Waals surface area contributed by atoms with Crippen molar-refractivity contribution in [3.05, 3.63) is 106 Å². The molecule has 0 bridgehead atoms. The number of amides is 2. The predicted molar refractivity (Wildman–Crippen MR) is 144 cm³/mol. The molecule has 0 spiro atoms. The summed E-state index contributed by atoms with van der Waals surface area (Å²) in [5.41, 5.74) is 2.82. The molecular weight excluding hydrogens is 479 g/mol. The van der Waals surface area contributed by atoms with Crippen molar-refractivity contribution in [2.24, 2.45) is 5.92 Å².